The van der Waals surface area contributed by atoms with Gasteiger partial charge in [0, 0.05) is 13.1 Å². The molecule has 106 valence electrons. The lowest BCUT2D eigenvalue weighted by Crippen LogP contribution is -2.35. The van der Waals surface area contributed by atoms with Crippen molar-refractivity contribution in [2.75, 3.05) is 17.8 Å². The minimum atomic E-state index is -4.64. The maximum atomic E-state index is 12.6. The average molecular weight is 278 g/mol. The van der Waals surface area contributed by atoms with Gasteiger partial charge in [-0.3, -0.25) is 10.2 Å². The second-order valence-electron chi connectivity index (χ2n) is 3.58. The van der Waals surface area contributed by atoms with Gasteiger partial charge < -0.3 is 10.6 Å². The number of hydrogen-bond acceptors (Lipinski definition) is 6. The van der Waals surface area contributed by atoms with Gasteiger partial charge in [-0.1, -0.05) is 0 Å². The van der Waals surface area contributed by atoms with Gasteiger partial charge in [0.1, 0.15) is 11.9 Å². The maximum absolute atomic E-state index is 12.6. The highest BCUT2D eigenvalue weighted by Crippen LogP contribution is 2.29. The number of anilines is 2. The Labute approximate surface area is 106 Å². The first kappa shape index (κ1) is 15.0. The molecule has 0 saturated carbocycles. The molecule has 1 rings (SSSR count). The fourth-order valence-electron chi connectivity index (χ4n) is 1.23. The van der Waals surface area contributed by atoms with E-state index in [4.69, 9.17) is 5.84 Å². The molecule has 1 heterocycles. The second-order valence-corrected chi connectivity index (χ2v) is 3.58. The Kier molecular flexibility index (Phi) is 4.48. The Balaban J connectivity index is 3.04. The summed E-state index contributed by atoms with van der Waals surface area (Å²) < 4.78 is 37.7. The van der Waals surface area contributed by atoms with Gasteiger partial charge in [-0.25, -0.2) is 10.8 Å². The standard InChI is InChI=1S/C9H13F3N6O/c1-4(7(19)14-2)15-6-3-5(9(10,11)12)16-8(17-6)18-13/h3-4H,13H2,1-2H3,(H,14,19)(H2,15,16,17,18). The second kappa shape index (κ2) is 5.69. The van der Waals surface area contributed by atoms with Crippen molar-refractivity contribution in [1.82, 2.24) is 15.3 Å². The van der Waals surface area contributed by atoms with E-state index in [1.165, 1.54) is 14.0 Å². The third-order valence-electron chi connectivity index (χ3n) is 2.15. The SMILES string of the molecule is CNC(=O)C(C)Nc1cc(C(F)(F)F)nc(NN)n1. The van der Waals surface area contributed by atoms with E-state index < -0.39 is 29.8 Å². The van der Waals surface area contributed by atoms with Crippen molar-refractivity contribution >= 4 is 17.7 Å². The first-order chi connectivity index (χ1) is 8.77. The van der Waals surface area contributed by atoms with Gasteiger partial charge in [-0.05, 0) is 6.92 Å². The predicted molar refractivity (Wildman–Crippen MR) is 62.0 cm³/mol. The van der Waals surface area contributed by atoms with Gasteiger partial charge in [-0.2, -0.15) is 18.2 Å². The molecule has 0 radical (unpaired) electrons. The van der Waals surface area contributed by atoms with Crippen molar-refractivity contribution in [2.45, 2.75) is 19.1 Å². The molecular formula is C9H13F3N6O. The zero-order chi connectivity index (χ0) is 14.6. The molecule has 1 atom stereocenters. The number of nitrogens with one attached hydrogen (secondary N) is 3. The Morgan fingerprint density at radius 2 is 2.05 bits per heavy atom. The summed E-state index contributed by atoms with van der Waals surface area (Å²) in [6.45, 7) is 1.48. The molecule has 0 bridgehead atoms. The van der Waals surface area contributed by atoms with E-state index in [9.17, 15) is 18.0 Å². The molecule has 7 nitrogen and oxygen atoms in total. The maximum Gasteiger partial charge on any atom is 0.433 e. The number of nitrogens with two attached hydrogens (primary N) is 1. The number of aromatic nitrogens is 2. The van der Waals surface area contributed by atoms with Gasteiger partial charge in [0.25, 0.3) is 0 Å². The highest BCUT2D eigenvalue weighted by Gasteiger charge is 2.34. The fourth-order valence-corrected chi connectivity index (χ4v) is 1.23. The van der Waals surface area contributed by atoms with E-state index in [0.29, 0.717) is 6.07 Å². The normalized spacial score (nSPS) is 12.7. The molecule has 1 aromatic rings. The predicted octanol–water partition coefficient (Wildman–Crippen LogP) is 0.327. The van der Waals surface area contributed by atoms with Gasteiger partial charge in [0.2, 0.25) is 11.9 Å². The molecule has 1 aromatic heterocycles. The molecule has 1 amide bonds. The van der Waals surface area contributed by atoms with E-state index in [0.717, 1.165) is 0 Å². The van der Waals surface area contributed by atoms with Gasteiger partial charge in [-0.15, -0.1) is 0 Å². The molecule has 0 aliphatic carbocycles. The topological polar surface area (TPSA) is 105 Å². The van der Waals surface area contributed by atoms with Gasteiger partial charge >= 0.3 is 6.18 Å². The van der Waals surface area contributed by atoms with Gasteiger partial charge in [0.05, 0.1) is 0 Å². The summed E-state index contributed by atoms with van der Waals surface area (Å²) in [5.74, 6) is 4.04. The molecule has 0 saturated heterocycles. The number of rotatable bonds is 4. The van der Waals surface area contributed by atoms with Crippen molar-refractivity contribution in [3.8, 4) is 0 Å². The molecule has 0 fully saturated rings. The van der Waals surface area contributed by atoms with Crippen molar-refractivity contribution in [3.05, 3.63) is 11.8 Å². The third-order valence-corrected chi connectivity index (χ3v) is 2.15. The summed E-state index contributed by atoms with van der Waals surface area (Å²) in [7, 11) is 1.41. The number of likely N-dealkylation sites (N-methyl/N-ethyl adjacent to an activating group) is 1. The summed E-state index contributed by atoms with van der Waals surface area (Å²) >= 11 is 0. The Bertz CT molecular complexity index is 464. The van der Waals surface area contributed by atoms with Crippen molar-refractivity contribution in [3.63, 3.8) is 0 Å². The summed E-state index contributed by atoms with van der Waals surface area (Å²) in [4.78, 5) is 18.1. The molecule has 19 heavy (non-hydrogen) atoms. The number of hydrogen-bond donors (Lipinski definition) is 4. The highest BCUT2D eigenvalue weighted by atomic mass is 19.4. The lowest BCUT2D eigenvalue weighted by molar-refractivity contribution is -0.141. The van der Waals surface area contributed by atoms with E-state index in [-0.39, 0.29) is 5.82 Å². The van der Waals surface area contributed by atoms with Crippen LogP contribution >= 0.6 is 0 Å². The average Bonchev–Trinajstić information content (AvgIpc) is 2.36. The van der Waals surface area contributed by atoms with Crippen LogP contribution < -0.4 is 21.9 Å². The van der Waals surface area contributed by atoms with E-state index in [1.807, 2.05) is 5.43 Å². The highest BCUT2D eigenvalue weighted by molar-refractivity contribution is 5.83. The molecule has 10 heteroatoms. The number of nitrogens with zero attached hydrogens (tertiary/aromatic N) is 2. The lowest BCUT2D eigenvalue weighted by atomic mass is 10.3. The van der Waals surface area contributed by atoms with E-state index >= 15 is 0 Å². The smallest absolute Gasteiger partial charge is 0.358 e. The Morgan fingerprint density at radius 3 is 2.53 bits per heavy atom. The van der Waals surface area contributed by atoms with Crippen molar-refractivity contribution in [1.29, 1.82) is 0 Å². The number of carbonyl (C=O) groups excluding carboxylic acids is 1. The van der Waals surface area contributed by atoms with Crippen LogP contribution in [-0.2, 0) is 11.0 Å². The fraction of sp³-hybridized carbons (Fsp3) is 0.444. The largest absolute Gasteiger partial charge is 0.433 e. The van der Waals surface area contributed by atoms with Crippen LogP contribution in [0, 0.1) is 0 Å². The lowest BCUT2D eigenvalue weighted by Gasteiger charge is -2.15. The molecule has 0 spiro atoms. The first-order valence-electron chi connectivity index (χ1n) is 5.19. The van der Waals surface area contributed by atoms with Crippen LogP contribution in [0.5, 0.6) is 0 Å². The van der Waals surface area contributed by atoms with Crippen LogP contribution in [-0.4, -0.2) is 29.0 Å². The van der Waals surface area contributed by atoms with E-state index in [1.54, 1.807) is 0 Å². The molecule has 0 aromatic carbocycles. The number of nitrogen functional groups attached to an aromatic ring is 1. The Morgan fingerprint density at radius 1 is 1.42 bits per heavy atom. The minimum Gasteiger partial charge on any atom is -0.358 e. The van der Waals surface area contributed by atoms with Crippen molar-refractivity contribution in [2.24, 2.45) is 5.84 Å². The van der Waals surface area contributed by atoms with E-state index in [2.05, 4.69) is 20.6 Å². The van der Waals surface area contributed by atoms with Crippen LogP contribution in [0.2, 0.25) is 0 Å². The van der Waals surface area contributed by atoms with Crippen LogP contribution in [0.15, 0.2) is 6.07 Å². The monoisotopic (exact) mass is 278 g/mol. The zero-order valence-electron chi connectivity index (χ0n) is 10.2. The molecule has 0 aliphatic heterocycles. The summed E-state index contributed by atoms with van der Waals surface area (Å²) in [6.07, 6.45) is -4.64. The number of carbonyl (C=O) groups is 1. The first-order valence-corrected chi connectivity index (χ1v) is 5.19. The summed E-state index contributed by atoms with van der Waals surface area (Å²) in [5.41, 5.74) is 0.769. The number of alkyl halides is 3. The molecule has 5 N–H and O–H groups in total. The molecular weight excluding hydrogens is 265 g/mol. The minimum absolute atomic E-state index is 0.161. The zero-order valence-corrected chi connectivity index (χ0v) is 10.2. The quantitative estimate of drug-likeness (QED) is 0.467. The van der Waals surface area contributed by atoms with Crippen LogP contribution in [0.4, 0.5) is 24.9 Å². The number of amides is 1. The number of hydrazine groups is 1. The summed E-state index contributed by atoms with van der Waals surface area (Å²) in [6, 6.07) is -0.0630. The van der Waals surface area contributed by atoms with Gasteiger partial charge in [0.15, 0.2) is 5.69 Å². The van der Waals surface area contributed by atoms with Crippen LogP contribution in [0.3, 0.4) is 0 Å². The van der Waals surface area contributed by atoms with Crippen LogP contribution in [0.1, 0.15) is 12.6 Å². The third kappa shape index (κ3) is 3.95. The van der Waals surface area contributed by atoms with Crippen LogP contribution in [0.25, 0.3) is 0 Å². The number of halogens is 3. The Hall–Kier alpha value is -2.10. The summed E-state index contributed by atoms with van der Waals surface area (Å²) in [5, 5.41) is 4.87. The van der Waals surface area contributed by atoms with Crippen molar-refractivity contribution < 1.29 is 18.0 Å². The molecule has 0 aliphatic rings. The molecule has 1 unspecified atom stereocenters.